The quantitative estimate of drug-likeness (QED) is 0.269. The maximum Gasteiger partial charge on any atom is 0.270 e. The Kier molecular flexibility index (Phi) is 5.04. The Morgan fingerprint density at radius 1 is 1.15 bits per heavy atom. The zero-order chi connectivity index (χ0) is 18.7. The molecule has 0 bridgehead atoms. The highest BCUT2D eigenvalue weighted by atomic mass is 35.5. The van der Waals surface area contributed by atoms with Gasteiger partial charge in [-0.1, -0.05) is 47.5 Å². The fraction of sp³-hybridized carbons (Fsp3) is 0. The van der Waals surface area contributed by atoms with Gasteiger partial charge in [-0.15, -0.1) is 0 Å². The molecular weight excluding hydrogens is 377 g/mol. The van der Waals surface area contributed by atoms with Crippen LogP contribution in [0.2, 0.25) is 10.0 Å². The molecule has 0 atom stereocenters. The Hall–Kier alpha value is -3.12. The highest BCUT2D eigenvalue weighted by molar-refractivity contribution is 6.32. The van der Waals surface area contributed by atoms with E-state index in [9.17, 15) is 9.59 Å². The summed E-state index contributed by atoms with van der Waals surface area (Å²) in [5.41, 5.74) is 9.64. The zero-order valence-corrected chi connectivity index (χ0v) is 14.5. The Balaban J connectivity index is 2.37. The van der Waals surface area contributed by atoms with Crippen LogP contribution >= 0.6 is 23.2 Å². The van der Waals surface area contributed by atoms with Gasteiger partial charge in [0.1, 0.15) is 5.69 Å². The van der Waals surface area contributed by atoms with Crippen LogP contribution in [0.3, 0.4) is 0 Å². The second-order valence-corrected chi connectivity index (χ2v) is 5.94. The minimum absolute atomic E-state index is 0.00959. The summed E-state index contributed by atoms with van der Waals surface area (Å²) in [6.45, 7) is 0. The third kappa shape index (κ3) is 3.19. The molecule has 1 heterocycles. The molecule has 0 aliphatic rings. The van der Waals surface area contributed by atoms with Gasteiger partial charge in [0.15, 0.2) is 6.29 Å². The van der Waals surface area contributed by atoms with E-state index in [-0.39, 0.29) is 11.3 Å². The lowest BCUT2D eigenvalue weighted by Gasteiger charge is -2.10. The molecule has 1 aromatic heterocycles. The van der Waals surface area contributed by atoms with E-state index in [4.69, 9.17) is 28.7 Å². The van der Waals surface area contributed by atoms with Crippen LogP contribution < -0.4 is 0 Å². The predicted molar refractivity (Wildman–Crippen MR) is 97.9 cm³/mol. The largest absolute Gasteiger partial charge is 0.298 e. The fourth-order valence-corrected chi connectivity index (χ4v) is 2.81. The van der Waals surface area contributed by atoms with Crippen molar-refractivity contribution in [2.75, 3.05) is 0 Å². The molecule has 2 aromatic carbocycles. The maximum absolute atomic E-state index is 12.1. The van der Waals surface area contributed by atoms with Crippen LogP contribution in [-0.4, -0.2) is 22.0 Å². The first kappa shape index (κ1) is 17.7. The average molecular weight is 386 g/mol. The molecule has 128 valence electrons. The Morgan fingerprint density at radius 3 is 2.46 bits per heavy atom. The number of halogens is 2. The summed E-state index contributed by atoms with van der Waals surface area (Å²) >= 11 is 12.2. The molecule has 0 fully saturated rings. The van der Waals surface area contributed by atoms with Gasteiger partial charge in [0, 0.05) is 15.5 Å². The topological polar surface area (TPSA) is 101 Å². The summed E-state index contributed by atoms with van der Waals surface area (Å²) in [5, 5.41) is 8.09. The van der Waals surface area contributed by atoms with Crippen molar-refractivity contribution in [1.82, 2.24) is 9.78 Å². The van der Waals surface area contributed by atoms with Gasteiger partial charge in [-0.3, -0.25) is 9.59 Å². The molecule has 0 aliphatic carbocycles. The van der Waals surface area contributed by atoms with Crippen molar-refractivity contribution < 1.29 is 9.59 Å². The van der Waals surface area contributed by atoms with Crippen molar-refractivity contribution in [1.29, 1.82) is 0 Å². The number of amides is 1. The number of para-hydroxylation sites is 1. The number of carbonyl (C=O) groups excluding carboxylic acids is 2. The van der Waals surface area contributed by atoms with Crippen molar-refractivity contribution >= 4 is 35.4 Å². The van der Waals surface area contributed by atoms with Gasteiger partial charge in [-0.05, 0) is 34.9 Å². The van der Waals surface area contributed by atoms with E-state index in [2.05, 4.69) is 15.1 Å². The van der Waals surface area contributed by atoms with Crippen molar-refractivity contribution in [2.45, 2.75) is 0 Å². The molecule has 7 nitrogen and oxygen atoms in total. The molecule has 1 amide bonds. The zero-order valence-electron chi connectivity index (χ0n) is 13.0. The predicted octanol–water partition coefficient (Wildman–Crippen LogP) is 5.11. The summed E-state index contributed by atoms with van der Waals surface area (Å²) in [6, 6.07) is 13.5. The van der Waals surface area contributed by atoms with Gasteiger partial charge >= 0.3 is 0 Å². The molecule has 3 aromatic rings. The summed E-state index contributed by atoms with van der Waals surface area (Å²) in [5.74, 6) is -0.962. The third-order valence-electron chi connectivity index (χ3n) is 3.58. The first-order chi connectivity index (χ1) is 12.6. The smallest absolute Gasteiger partial charge is 0.270 e. The molecule has 26 heavy (non-hydrogen) atoms. The minimum atomic E-state index is -0.962. The number of hydrogen-bond acceptors (Lipinski definition) is 3. The van der Waals surface area contributed by atoms with Crippen LogP contribution in [0.4, 0.5) is 0 Å². The first-order valence-corrected chi connectivity index (χ1v) is 8.01. The highest BCUT2D eigenvalue weighted by Gasteiger charge is 2.24. The van der Waals surface area contributed by atoms with Crippen LogP contribution in [0.1, 0.15) is 20.8 Å². The number of aldehydes is 1. The number of rotatable bonds is 4. The number of carbonyl (C=O) groups is 2. The van der Waals surface area contributed by atoms with Crippen LogP contribution in [0.5, 0.6) is 0 Å². The second-order valence-electron chi connectivity index (χ2n) is 5.09. The molecule has 0 N–H and O–H groups in total. The van der Waals surface area contributed by atoms with Crippen molar-refractivity contribution in [2.24, 2.45) is 5.11 Å². The molecule has 0 spiro atoms. The second kappa shape index (κ2) is 7.41. The summed E-state index contributed by atoms with van der Waals surface area (Å²) < 4.78 is 1.37. The maximum atomic E-state index is 12.1. The lowest BCUT2D eigenvalue weighted by atomic mass is 10.1. The molecule has 0 saturated carbocycles. The highest BCUT2D eigenvalue weighted by Crippen LogP contribution is 2.32. The summed E-state index contributed by atoms with van der Waals surface area (Å²) in [6.07, 6.45) is 0.490. The fourth-order valence-electron chi connectivity index (χ4n) is 2.47. The Bertz CT molecular complexity index is 1050. The molecule has 0 radical (unpaired) electrons. The molecule has 0 unspecified atom stereocenters. The minimum Gasteiger partial charge on any atom is -0.298 e. The normalized spacial score (nSPS) is 10.2. The van der Waals surface area contributed by atoms with Gasteiger partial charge in [-0.25, -0.2) is 4.68 Å². The monoisotopic (exact) mass is 385 g/mol. The summed E-state index contributed by atoms with van der Waals surface area (Å²) in [4.78, 5) is 26.3. The van der Waals surface area contributed by atoms with Crippen LogP contribution in [-0.2, 0) is 0 Å². The van der Waals surface area contributed by atoms with E-state index in [0.29, 0.717) is 33.3 Å². The van der Waals surface area contributed by atoms with Crippen molar-refractivity contribution in [3.8, 4) is 16.9 Å². The van der Waals surface area contributed by atoms with Crippen LogP contribution in [0.15, 0.2) is 53.6 Å². The van der Waals surface area contributed by atoms with E-state index >= 15 is 0 Å². The standard InChI is InChI=1S/C17H9Cl2N5O2/c18-11-7-5-10(6-8-11)16-12(9-25)15(17(26)21-23-20)22-24(16)14-4-2-1-3-13(14)19/h1-9H. The molecule has 0 aliphatic heterocycles. The van der Waals surface area contributed by atoms with Gasteiger partial charge in [-0.2, -0.15) is 5.10 Å². The number of benzene rings is 2. The number of azide groups is 1. The first-order valence-electron chi connectivity index (χ1n) is 7.25. The molecule has 9 heteroatoms. The van der Waals surface area contributed by atoms with Gasteiger partial charge in [0.25, 0.3) is 5.91 Å². The van der Waals surface area contributed by atoms with E-state index in [1.54, 1.807) is 48.5 Å². The molecule has 0 saturated heterocycles. The van der Waals surface area contributed by atoms with Gasteiger partial charge in [0.05, 0.1) is 22.0 Å². The molecular formula is C17H9Cl2N5O2. The Morgan fingerprint density at radius 2 is 1.85 bits per heavy atom. The lowest BCUT2D eigenvalue weighted by Crippen LogP contribution is -2.02. The Labute approximate surface area is 157 Å². The van der Waals surface area contributed by atoms with Crippen molar-refractivity contribution in [3.05, 3.63) is 80.3 Å². The van der Waals surface area contributed by atoms with Gasteiger partial charge < -0.3 is 0 Å². The average Bonchev–Trinajstić information content (AvgIpc) is 3.02. The van der Waals surface area contributed by atoms with E-state index in [1.807, 2.05) is 0 Å². The van der Waals surface area contributed by atoms with E-state index in [1.165, 1.54) is 4.68 Å². The van der Waals surface area contributed by atoms with E-state index in [0.717, 1.165) is 0 Å². The SMILES string of the molecule is [N-]=[N+]=NC(=O)c1nn(-c2ccccc2Cl)c(-c2ccc(Cl)cc2)c1C=O. The lowest BCUT2D eigenvalue weighted by molar-refractivity contribution is 0.0988. The van der Waals surface area contributed by atoms with Crippen molar-refractivity contribution in [3.63, 3.8) is 0 Å². The van der Waals surface area contributed by atoms with E-state index < -0.39 is 5.91 Å². The number of hydrogen-bond donors (Lipinski definition) is 0. The summed E-state index contributed by atoms with van der Waals surface area (Å²) in [7, 11) is 0. The number of nitrogens with zero attached hydrogens (tertiary/aromatic N) is 5. The van der Waals surface area contributed by atoms with Crippen LogP contribution in [0.25, 0.3) is 27.4 Å². The molecule has 3 rings (SSSR count). The van der Waals surface area contributed by atoms with Gasteiger partial charge in [0.2, 0.25) is 0 Å². The third-order valence-corrected chi connectivity index (χ3v) is 4.15. The number of aromatic nitrogens is 2. The van der Waals surface area contributed by atoms with Crippen LogP contribution in [0, 0.1) is 0 Å².